The van der Waals surface area contributed by atoms with Gasteiger partial charge in [0.1, 0.15) is 6.61 Å². The highest BCUT2D eigenvalue weighted by atomic mass is 35.5. The van der Waals surface area contributed by atoms with Crippen LogP contribution in [0, 0.1) is 0 Å². The molecule has 0 amide bonds. The lowest BCUT2D eigenvalue weighted by molar-refractivity contribution is 0.270. The summed E-state index contributed by atoms with van der Waals surface area (Å²) in [7, 11) is 1.62. The van der Waals surface area contributed by atoms with E-state index in [0.717, 1.165) is 28.8 Å². The van der Waals surface area contributed by atoms with Crippen LogP contribution in [0.5, 0.6) is 11.5 Å². The number of benzene rings is 2. The molecule has 0 saturated heterocycles. The second-order valence-electron chi connectivity index (χ2n) is 5.62. The molecule has 0 saturated carbocycles. The van der Waals surface area contributed by atoms with Crippen LogP contribution in [0.2, 0.25) is 10.0 Å². The third-order valence-electron chi connectivity index (χ3n) is 3.89. The molecule has 0 N–H and O–H groups in total. The molecule has 0 aliphatic heterocycles. The third kappa shape index (κ3) is 4.89. The zero-order valence-electron chi connectivity index (χ0n) is 15.0. The minimum absolute atomic E-state index is 0.314. The number of rotatable bonds is 8. The first-order chi connectivity index (χ1) is 13.1. The van der Waals surface area contributed by atoms with E-state index in [1.807, 2.05) is 41.0 Å². The van der Waals surface area contributed by atoms with Crippen LogP contribution in [-0.4, -0.2) is 21.9 Å². The van der Waals surface area contributed by atoms with E-state index in [-0.39, 0.29) is 0 Å². The maximum absolute atomic E-state index is 6.08. The lowest BCUT2D eigenvalue weighted by atomic mass is 10.2. The second kappa shape index (κ2) is 9.35. The number of halogens is 2. The first kappa shape index (κ1) is 19.9. The number of thioether (sulfide) groups is 1. The fourth-order valence-corrected chi connectivity index (χ4v) is 3.79. The van der Waals surface area contributed by atoms with Gasteiger partial charge in [-0.15, -0.1) is 10.2 Å². The van der Waals surface area contributed by atoms with Crippen molar-refractivity contribution in [3.05, 3.63) is 63.9 Å². The predicted octanol–water partition coefficient (Wildman–Crippen LogP) is 5.48. The fraction of sp³-hybridized carbons (Fsp3) is 0.263. The van der Waals surface area contributed by atoms with Crippen LogP contribution in [0.4, 0.5) is 0 Å². The summed E-state index contributed by atoms with van der Waals surface area (Å²) in [6, 6.07) is 13.2. The van der Waals surface area contributed by atoms with Gasteiger partial charge in [-0.3, -0.25) is 0 Å². The van der Waals surface area contributed by atoms with E-state index in [1.165, 1.54) is 0 Å². The van der Waals surface area contributed by atoms with E-state index in [2.05, 4.69) is 17.1 Å². The van der Waals surface area contributed by atoms with E-state index in [1.54, 1.807) is 24.9 Å². The standard InChI is InChI=1S/C19H19Cl2N3O2S/c1-3-24-18(11-26-17-7-5-4-6-16(17)25-2)22-23-19(24)27-12-13-8-9-14(20)15(21)10-13/h4-10H,3,11-12H2,1-2H3. The Balaban J connectivity index is 1.68. The van der Waals surface area contributed by atoms with Gasteiger partial charge in [-0.25, -0.2) is 0 Å². The van der Waals surface area contributed by atoms with E-state index < -0.39 is 0 Å². The minimum atomic E-state index is 0.314. The SMILES string of the molecule is CCn1c(COc2ccccc2OC)nnc1SCc1ccc(Cl)c(Cl)c1. The van der Waals surface area contributed by atoms with Gasteiger partial charge in [0, 0.05) is 12.3 Å². The van der Waals surface area contributed by atoms with E-state index >= 15 is 0 Å². The molecule has 0 bridgehead atoms. The average Bonchev–Trinajstić information content (AvgIpc) is 3.09. The van der Waals surface area contributed by atoms with Gasteiger partial charge in [-0.05, 0) is 36.8 Å². The molecule has 0 aliphatic rings. The van der Waals surface area contributed by atoms with E-state index in [4.69, 9.17) is 32.7 Å². The van der Waals surface area contributed by atoms with Crippen molar-refractivity contribution < 1.29 is 9.47 Å². The topological polar surface area (TPSA) is 49.2 Å². The second-order valence-corrected chi connectivity index (χ2v) is 7.38. The first-order valence-corrected chi connectivity index (χ1v) is 10.1. The Kier molecular flexibility index (Phi) is 6.88. The quantitative estimate of drug-likeness (QED) is 0.448. The van der Waals surface area contributed by atoms with Crippen LogP contribution in [0.15, 0.2) is 47.6 Å². The van der Waals surface area contributed by atoms with Crippen molar-refractivity contribution in [2.75, 3.05) is 7.11 Å². The maximum Gasteiger partial charge on any atom is 0.191 e. The highest BCUT2D eigenvalue weighted by molar-refractivity contribution is 7.98. The summed E-state index contributed by atoms with van der Waals surface area (Å²) < 4.78 is 13.2. The van der Waals surface area contributed by atoms with Crippen molar-refractivity contribution in [3.63, 3.8) is 0 Å². The largest absolute Gasteiger partial charge is 0.493 e. The molecular weight excluding hydrogens is 405 g/mol. The van der Waals surface area contributed by atoms with Gasteiger partial charge in [-0.1, -0.05) is 53.2 Å². The number of nitrogens with zero attached hydrogens (tertiary/aromatic N) is 3. The number of hydrogen-bond donors (Lipinski definition) is 0. The van der Waals surface area contributed by atoms with Crippen molar-refractivity contribution in [1.29, 1.82) is 0 Å². The molecule has 142 valence electrons. The molecule has 0 aliphatic carbocycles. The van der Waals surface area contributed by atoms with Gasteiger partial charge in [0.05, 0.1) is 17.2 Å². The van der Waals surface area contributed by atoms with Crippen molar-refractivity contribution in [1.82, 2.24) is 14.8 Å². The molecular formula is C19H19Cl2N3O2S. The number of methoxy groups -OCH3 is 1. The Hall–Kier alpha value is -1.89. The molecule has 1 heterocycles. The van der Waals surface area contributed by atoms with Crippen LogP contribution < -0.4 is 9.47 Å². The normalized spacial score (nSPS) is 10.8. The molecule has 0 unspecified atom stereocenters. The molecule has 0 atom stereocenters. The Bertz CT molecular complexity index is 918. The Morgan fingerprint density at radius 1 is 1.04 bits per heavy atom. The zero-order chi connectivity index (χ0) is 19.2. The van der Waals surface area contributed by atoms with Crippen LogP contribution in [0.25, 0.3) is 0 Å². The number of aromatic nitrogens is 3. The van der Waals surface area contributed by atoms with Crippen molar-refractivity contribution in [2.24, 2.45) is 0 Å². The monoisotopic (exact) mass is 423 g/mol. The van der Waals surface area contributed by atoms with Crippen molar-refractivity contribution in [2.45, 2.75) is 31.0 Å². The number of hydrogen-bond acceptors (Lipinski definition) is 5. The highest BCUT2D eigenvalue weighted by Gasteiger charge is 2.13. The van der Waals surface area contributed by atoms with Gasteiger partial charge in [0.2, 0.25) is 0 Å². The van der Waals surface area contributed by atoms with Gasteiger partial charge in [0.25, 0.3) is 0 Å². The van der Waals surface area contributed by atoms with Crippen LogP contribution in [0.3, 0.4) is 0 Å². The van der Waals surface area contributed by atoms with Crippen LogP contribution >= 0.6 is 35.0 Å². The summed E-state index contributed by atoms with van der Waals surface area (Å²) in [6.45, 7) is 3.12. The Morgan fingerprint density at radius 3 is 2.52 bits per heavy atom. The number of ether oxygens (including phenoxy) is 2. The Morgan fingerprint density at radius 2 is 1.81 bits per heavy atom. The van der Waals surface area contributed by atoms with Crippen molar-refractivity contribution in [3.8, 4) is 11.5 Å². The Labute approximate surface area is 172 Å². The van der Waals surface area contributed by atoms with Gasteiger partial charge in [0.15, 0.2) is 22.5 Å². The summed E-state index contributed by atoms with van der Waals surface area (Å²) in [5.41, 5.74) is 1.08. The van der Waals surface area contributed by atoms with E-state index in [9.17, 15) is 0 Å². The summed E-state index contributed by atoms with van der Waals surface area (Å²) >= 11 is 13.6. The highest BCUT2D eigenvalue weighted by Crippen LogP contribution is 2.29. The van der Waals surface area contributed by atoms with Crippen molar-refractivity contribution >= 4 is 35.0 Å². The molecule has 0 fully saturated rings. The summed E-state index contributed by atoms with van der Waals surface area (Å²) in [5.74, 6) is 2.85. The average molecular weight is 424 g/mol. The lowest BCUT2D eigenvalue weighted by Gasteiger charge is -2.11. The molecule has 3 aromatic rings. The molecule has 2 aromatic carbocycles. The maximum atomic E-state index is 6.08. The molecule has 5 nitrogen and oxygen atoms in total. The molecule has 8 heteroatoms. The minimum Gasteiger partial charge on any atom is -0.493 e. The fourth-order valence-electron chi connectivity index (χ4n) is 2.51. The summed E-state index contributed by atoms with van der Waals surface area (Å²) in [4.78, 5) is 0. The predicted molar refractivity (Wildman–Crippen MR) is 109 cm³/mol. The van der Waals surface area contributed by atoms with Gasteiger partial charge < -0.3 is 14.0 Å². The van der Waals surface area contributed by atoms with Crippen LogP contribution in [0.1, 0.15) is 18.3 Å². The zero-order valence-corrected chi connectivity index (χ0v) is 17.3. The van der Waals surface area contributed by atoms with Gasteiger partial charge >= 0.3 is 0 Å². The molecule has 3 rings (SSSR count). The van der Waals surface area contributed by atoms with Crippen LogP contribution in [-0.2, 0) is 18.9 Å². The molecule has 0 radical (unpaired) electrons. The third-order valence-corrected chi connectivity index (χ3v) is 5.66. The molecule has 1 aromatic heterocycles. The van der Waals surface area contributed by atoms with Gasteiger partial charge in [-0.2, -0.15) is 0 Å². The smallest absolute Gasteiger partial charge is 0.191 e. The first-order valence-electron chi connectivity index (χ1n) is 8.37. The summed E-state index contributed by atoms with van der Waals surface area (Å²) in [5, 5.41) is 10.5. The molecule has 0 spiro atoms. The summed E-state index contributed by atoms with van der Waals surface area (Å²) in [6.07, 6.45) is 0. The van der Waals surface area contributed by atoms with E-state index in [0.29, 0.717) is 28.2 Å². The molecule has 27 heavy (non-hydrogen) atoms. The number of para-hydroxylation sites is 2. The lowest BCUT2D eigenvalue weighted by Crippen LogP contribution is -2.07.